The predicted octanol–water partition coefficient (Wildman–Crippen LogP) is 2.56. The monoisotopic (exact) mass is 402 g/mol. The fourth-order valence-electron chi connectivity index (χ4n) is 3.03. The highest BCUT2D eigenvalue weighted by Crippen LogP contribution is 2.13. The van der Waals surface area contributed by atoms with Gasteiger partial charge in [0.05, 0.1) is 5.52 Å². The molecule has 2 amide bonds. The summed E-state index contributed by atoms with van der Waals surface area (Å²) in [7, 11) is 0. The molecule has 2 aromatic heterocycles. The average Bonchev–Trinajstić information content (AvgIpc) is 3.08. The zero-order chi connectivity index (χ0) is 20.9. The molecule has 0 aliphatic carbocycles. The first-order valence-electron chi connectivity index (χ1n) is 9.25. The lowest BCUT2D eigenvalue weighted by atomic mass is 10.2. The number of amides is 2. The number of nitrogens with one attached hydrogen (secondary N) is 2. The van der Waals surface area contributed by atoms with E-state index in [2.05, 4.69) is 15.6 Å². The van der Waals surface area contributed by atoms with Gasteiger partial charge in [0.25, 0.3) is 5.91 Å². The average molecular weight is 402 g/mol. The Morgan fingerprint density at radius 3 is 2.63 bits per heavy atom. The van der Waals surface area contributed by atoms with Crippen LogP contribution in [0.15, 0.2) is 82.3 Å². The van der Waals surface area contributed by atoms with E-state index in [1.54, 1.807) is 67.0 Å². The summed E-state index contributed by atoms with van der Waals surface area (Å²) >= 11 is 0. The first-order valence-corrected chi connectivity index (χ1v) is 9.25. The van der Waals surface area contributed by atoms with Gasteiger partial charge in [0.2, 0.25) is 5.91 Å². The molecule has 4 aromatic rings. The number of benzene rings is 2. The molecule has 0 fully saturated rings. The molecule has 4 rings (SSSR count). The maximum absolute atomic E-state index is 12.3. The minimum absolute atomic E-state index is 0.145. The molecular formula is C22H18N4O4. The quantitative estimate of drug-likeness (QED) is 0.516. The van der Waals surface area contributed by atoms with Gasteiger partial charge in [-0.25, -0.2) is 4.79 Å². The fourth-order valence-corrected chi connectivity index (χ4v) is 3.03. The molecule has 2 heterocycles. The smallest absolute Gasteiger partial charge is 0.408 e. The standard InChI is InChI=1S/C22H18N4O4/c27-20(14-26-18-6-1-2-7-19(18)30-22(26)29)24-13-15-4-3-5-17(12-15)25-21(28)16-8-10-23-11-9-16/h1-12H,13-14H2,(H,24,27)(H,25,28). The SMILES string of the molecule is O=C(Cn1c(=O)oc2ccccc21)NCc1cccc(NC(=O)c2ccncc2)c1. The van der Waals surface area contributed by atoms with Crippen molar-refractivity contribution in [2.24, 2.45) is 0 Å². The van der Waals surface area contributed by atoms with Crippen molar-refractivity contribution in [2.45, 2.75) is 13.1 Å². The lowest BCUT2D eigenvalue weighted by Crippen LogP contribution is -2.30. The van der Waals surface area contributed by atoms with Crippen LogP contribution in [0.3, 0.4) is 0 Å². The fraction of sp³-hybridized carbons (Fsp3) is 0.0909. The lowest BCUT2D eigenvalue weighted by molar-refractivity contribution is -0.121. The Bertz CT molecular complexity index is 1260. The van der Waals surface area contributed by atoms with E-state index in [-0.39, 0.29) is 24.9 Å². The van der Waals surface area contributed by atoms with Gasteiger partial charge in [-0.15, -0.1) is 0 Å². The second-order valence-corrected chi connectivity index (χ2v) is 6.59. The molecule has 0 spiro atoms. The predicted molar refractivity (Wildman–Crippen MR) is 111 cm³/mol. The molecule has 0 unspecified atom stereocenters. The van der Waals surface area contributed by atoms with Gasteiger partial charge >= 0.3 is 5.76 Å². The molecule has 0 atom stereocenters. The Morgan fingerprint density at radius 2 is 1.80 bits per heavy atom. The van der Waals surface area contributed by atoms with Crippen LogP contribution in [0.2, 0.25) is 0 Å². The number of carbonyl (C=O) groups is 2. The van der Waals surface area contributed by atoms with Crippen molar-refractivity contribution >= 4 is 28.6 Å². The van der Waals surface area contributed by atoms with Crippen LogP contribution in [-0.4, -0.2) is 21.4 Å². The van der Waals surface area contributed by atoms with Gasteiger partial charge in [-0.1, -0.05) is 24.3 Å². The van der Waals surface area contributed by atoms with Gasteiger partial charge in [-0.05, 0) is 42.0 Å². The molecule has 0 radical (unpaired) electrons. The number of aromatic nitrogens is 2. The second-order valence-electron chi connectivity index (χ2n) is 6.59. The number of anilines is 1. The third-order valence-corrected chi connectivity index (χ3v) is 4.49. The highest BCUT2D eigenvalue weighted by molar-refractivity contribution is 6.04. The maximum atomic E-state index is 12.3. The van der Waals surface area contributed by atoms with E-state index in [9.17, 15) is 14.4 Å². The largest absolute Gasteiger partial charge is 0.420 e. The zero-order valence-electron chi connectivity index (χ0n) is 15.9. The first-order chi connectivity index (χ1) is 14.6. The van der Waals surface area contributed by atoms with E-state index in [4.69, 9.17) is 4.42 Å². The molecular weight excluding hydrogens is 384 g/mol. The van der Waals surface area contributed by atoms with Crippen LogP contribution in [0, 0.1) is 0 Å². The van der Waals surface area contributed by atoms with Gasteiger partial charge in [0.1, 0.15) is 6.54 Å². The Balaban J connectivity index is 1.38. The molecule has 150 valence electrons. The van der Waals surface area contributed by atoms with Gasteiger partial charge in [0, 0.05) is 30.2 Å². The molecule has 30 heavy (non-hydrogen) atoms. The summed E-state index contributed by atoms with van der Waals surface area (Å²) in [4.78, 5) is 40.5. The highest BCUT2D eigenvalue weighted by Gasteiger charge is 2.12. The molecule has 0 saturated carbocycles. The molecule has 0 aliphatic heterocycles. The number of hydrogen-bond acceptors (Lipinski definition) is 5. The van der Waals surface area contributed by atoms with Crippen molar-refractivity contribution in [1.82, 2.24) is 14.9 Å². The highest BCUT2D eigenvalue weighted by atomic mass is 16.4. The van der Waals surface area contributed by atoms with Crippen LogP contribution >= 0.6 is 0 Å². The lowest BCUT2D eigenvalue weighted by Gasteiger charge is -2.09. The van der Waals surface area contributed by atoms with Crippen LogP contribution in [-0.2, 0) is 17.9 Å². The minimum atomic E-state index is -0.577. The van der Waals surface area contributed by atoms with Gasteiger partial charge in [0.15, 0.2) is 5.58 Å². The first kappa shape index (κ1) is 19.1. The number of fused-ring (bicyclic) bond motifs is 1. The van der Waals surface area contributed by atoms with E-state index >= 15 is 0 Å². The summed E-state index contributed by atoms with van der Waals surface area (Å²) < 4.78 is 6.42. The Hall–Kier alpha value is -4.20. The second kappa shape index (κ2) is 8.44. The summed E-state index contributed by atoms with van der Waals surface area (Å²) in [5, 5.41) is 5.59. The van der Waals surface area contributed by atoms with Gasteiger partial charge < -0.3 is 15.1 Å². The Morgan fingerprint density at radius 1 is 1.00 bits per heavy atom. The summed E-state index contributed by atoms with van der Waals surface area (Å²) in [6.45, 7) is 0.108. The minimum Gasteiger partial charge on any atom is -0.408 e. The van der Waals surface area contributed by atoms with Crippen molar-refractivity contribution < 1.29 is 14.0 Å². The van der Waals surface area contributed by atoms with Crippen molar-refractivity contribution in [3.8, 4) is 0 Å². The maximum Gasteiger partial charge on any atom is 0.420 e. The van der Waals surface area contributed by atoms with Gasteiger partial charge in [-0.2, -0.15) is 0 Å². The number of carbonyl (C=O) groups excluding carboxylic acids is 2. The Kier molecular flexibility index (Phi) is 5.38. The zero-order valence-corrected chi connectivity index (χ0v) is 15.9. The third kappa shape index (κ3) is 4.27. The topological polar surface area (TPSA) is 106 Å². The van der Waals surface area contributed by atoms with E-state index in [0.717, 1.165) is 5.56 Å². The molecule has 8 heteroatoms. The summed E-state index contributed by atoms with van der Waals surface area (Å²) in [6.07, 6.45) is 3.10. The molecule has 2 N–H and O–H groups in total. The molecule has 2 aromatic carbocycles. The molecule has 0 saturated heterocycles. The van der Waals surface area contributed by atoms with Crippen molar-refractivity contribution in [3.05, 3.63) is 94.7 Å². The van der Waals surface area contributed by atoms with E-state index in [1.807, 2.05) is 6.07 Å². The van der Waals surface area contributed by atoms with E-state index < -0.39 is 5.76 Å². The number of hydrogen-bond donors (Lipinski definition) is 2. The van der Waals surface area contributed by atoms with E-state index in [1.165, 1.54) is 4.57 Å². The van der Waals surface area contributed by atoms with Crippen LogP contribution < -0.4 is 16.4 Å². The molecule has 8 nitrogen and oxygen atoms in total. The summed E-state index contributed by atoms with van der Waals surface area (Å²) in [5.41, 5.74) is 2.92. The third-order valence-electron chi connectivity index (χ3n) is 4.49. The normalized spacial score (nSPS) is 10.7. The van der Waals surface area contributed by atoms with Crippen molar-refractivity contribution in [1.29, 1.82) is 0 Å². The Labute approximate surface area is 171 Å². The summed E-state index contributed by atoms with van der Waals surface area (Å²) in [5.74, 6) is -1.15. The molecule has 0 aliphatic rings. The number of rotatable bonds is 6. The van der Waals surface area contributed by atoms with Crippen LogP contribution in [0.5, 0.6) is 0 Å². The number of para-hydroxylation sites is 2. The van der Waals surface area contributed by atoms with Crippen LogP contribution in [0.25, 0.3) is 11.1 Å². The van der Waals surface area contributed by atoms with Crippen LogP contribution in [0.4, 0.5) is 5.69 Å². The van der Waals surface area contributed by atoms with Crippen molar-refractivity contribution in [2.75, 3.05) is 5.32 Å². The van der Waals surface area contributed by atoms with Crippen LogP contribution in [0.1, 0.15) is 15.9 Å². The summed E-state index contributed by atoms with van der Waals surface area (Å²) in [6, 6.07) is 17.4. The number of nitrogens with zero attached hydrogens (tertiary/aromatic N) is 2. The van der Waals surface area contributed by atoms with E-state index in [0.29, 0.717) is 22.4 Å². The number of oxazole rings is 1. The van der Waals surface area contributed by atoms with Crippen molar-refractivity contribution in [3.63, 3.8) is 0 Å². The van der Waals surface area contributed by atoms with Gasteiger partial charge in [-0.3, -0.25) is 19.1 Å². The number of pyridine rings is 1. The molecule has 0 bridgehead atoms.